The molecule has 0 unspecified atom stereocenters. The van der Waals surface area contributed by atoms with E-state index in [9.17, 15) is 14.4 Å². The van der Waals surface area contributed by atoms with Gasteiger partial charge in [0, 0.05) is 29.5 Å². The van der Waals surface area contributed by atoms with Gasteiger partial charge in [0.1, 0.15) is 12.3 Å². The molecule has 0 radical (unpaired) electrons. The number of hydrogen-bond acceptors (Lipinski definition) is 3. The fourth-order valence-corrected chi connectivity index (χ4v) is 3.79. The van der Waals surface area contributed by atoms with Gasteiger partial charge in [-0.15, -0.1) is 0 Å². The summed E-state index contributed by atoms with van der Waals surface area (Å²) in [5.41, 5.74) is 4.90. The molecule has 1 N–H and O–H groups in total. The number of aromatic nitrogens is 1. The Balaban J connectivity index is 1.68. The quantitative estimate of drug-likeness (QED) is 0.813. The lowest BCUT2D eigenvalue weighted by molar-refractivity contribution is -0.125. The molecule has 0 aliphatic carbocycles. The maximum absolute atomic E-state index is 12.7. The van der Waals surface area contributed by atoms with Crippen molar-refractivity contribution in [1.82, 2.24) is 9.47 Å². The first-order valence-electron chi connectivity index (χ1n) is 9.64. The van der Waals surface area contributed by atoms with Crippen LogP contribution in [0.2, 0.25) is 0 Å². The van der Waals surface area contributed by atoms with E-state index in [0.717, 1.165) is 27.4 Å². The minimum atomic E-state index is -0.693. The molecule has 2 aromatic rings. The summed E-state index contributed by atoms with van der Waals surface area (Å²) in [6.07, 6.45) is 0.271. The summed E-state index contributed by atoms with van der Waals surface area (Å²) in [5.74, 6) is -0.949. The van der Waals surface area contributed by atoms with E-state index in [4.69, 9.17) is 0 Å². The zero-order valence-electron chi connectivity index (χ0n) is 17.4. The van der Waals surface area contributed by atoms with Crippen LogP contribution in [0.3, 0.4) is 0 Å². The van der Waals surface area contributed by atoms with E-state index in [2.05, 4.69) is 28.7 Å². The van der Waals surface area contributed by atoms with Crippen molar-refractivity contribution < 1.29 is 14.4 Å². The van der Waals surface area contributed by atoms with Crippen LogP contribution >= 0.6 is 0 Å². The van der Waals surface area contributed by atoms with Crippen molar-refractivity contribution in [3.8, 4) is 0 Å². The van der Waals surface area contributed by atoms with Crippen LogP contribution in [0.15, 0.2) is 35.3 Å². The number of nitrogens with one attached hydrogen (secondary N) is 1. The number of benzene rings is 1. The summed E-state index contributed by atoms with van der Waals surface area (Å²) in [5, 5.41) is 2.71. The fraction of sp³-hybridized carbons (Fsp3) is 0.364. The first-order valence-corrected chi connectivity index (χ1v) is 9.64. The number of anilines is 1. The van der Waals surface area contributed by atoms with Crippen LogP contribution in [0.1, 0.15) is 42.4 Å². The van der Waals surface area contributed by atoms with E-state index >= 15 is 0 Å². The van der Waals surface area contributed by atoms with Crippen molar-refractivity contribution >= 4 is 29.2 Å². The average molecular weight is 394 g/mol. The van der Waals surface area contributed by atoms with E-state index in [-0.39, 0.29) is 18.7 Å². The first-order chi connectivity index (χ1) is 13.7. The second kappa shape index (κ2) is 8.03. The van der Waals surface area contributed by atoms with E-state index in [1.807, 2.05) is 45.0 Å². The molecule has 0 saturated heterocycles. The zero-order valence-corrected chi connectivity index (χ0v) is 17.4. The highest BCUT2D eigenvalue weighted by Crippen LogP contribution is 2.22. The predicted molar refractivity (Wildman–Crippen MR) is 112 cm³/mol. The molecule has 7 nitrogen and oxygen atoms in total. The molecule has 29 heavy (non-hydrogen) atoms. The number of aryl methyl sites for hydroxylation is 2. The van der Waals surface area contributed by atoms with Crippen molar-refractivity contribution in [3.05, 3.63) is 52.8 Å². The second-order valence-electron chi connectivity index (χ2n) is 7.69. The van der Waals surface area contributed by atoms with Gasteiger partial charge in [-0.25, -0.2) is 9.69 Å². The van der Waals surface area contributed by atoms with Gasteiger partial charge in [0.05, 0.1) is 0 Å². The molecule has 1 aromatic heterocycles. The van der Waals surface area contributed by atoms with Crippen LogP contribution in [-0.4, -0.2) is 39.6 Å². The molecule has 2 heterocycles. The Morgan fingerprint density at radius 2 is 1.86 bits per heavy atom. The van der Waals surface area contributed by atoms with Gasteiger partial charge >= 0.3 is 6.03 Å². The molecule has 0 atom stereocenters. The monoisotopic (exact) mass is 394 g/mol. The van der Waals surface area contributed by atoms with Crippen LogP contribution in [0.25, 0.3) is 0 Å². The molecule has 1 aromatic carbocycles. The molecule has 152 valence electrons. The number of carbonyl (C=O) groups is 3. The third-order valence-electron chi connectivity index (χ3n) is 5.02. The summed E-state index contributed by atoms with van der Waals surface area (Å²) in [7, 11) is 0. The van der Waals surface area contributed by atoms with E-state index < -0.39 is 17.8 Å². The summed E-state index contributed by atoms with van der Waals surface area (Å²) in [6, 6.07) is 8.94. The molecule has 0 saturated carbocycles. The number of carbonyl (C=O) groups excluding carboxylic acids is 3. The summed E-state index contributed by atoms with van der Waals surface area (Å²) >= 11 is 0. The highest BCUT2D eigenvalue weighted by atomic mass is 16.2. The number of imide groups is 1. The number of urea groups is 1. The van der Waals surface area contributed by atoms with Gasteiger partial charge in [-0.2, -0.15) is 4.99 Å². The van der Waals surface area contributed by atoms with Gasteiger partial charge in [0.2, 0.25) is 5.91 Å². The topological polar surface area (TPSA) is 83.8 Å². The van der Waals surface area contributed by atoms with Gasteiger partial charge in [0.15, 0.2) is 0 Å². The van der Waals surface area contributed by atoms with Crippen molar-refractivity contribution in [2.75, 3.05) is 11.9 Å². The van der Waals surface area contributed by atoms with Crippen LogP contribution < -0.4 is 5.32 Å². The predicted octanol–water partition coefficient (Wildman–Crippen LogP) is 3.58. The number of hydrogen-bond donors (Lipinski definition) is 1. The van der Waals surface area contributed by atoms with Crippen molar-refractivity contribution in [2.45, 2.75) is 47.1 Å². The highest BCUT2D eigenvalue weighted by molar-refractivity contribution is 6.46. The minimum absolute atomic E-state index is 0.169. The number of amides is 4. The molecule has 1 aliphatic rings. The lowest BCUT2D eigenvalue weighted by Crippen LogP contribution is -2.39. The van der Waals surface area contributed by atoms with Crippen molar-refractivity contribution in [1.29, 1.82) is 0 Å². The molecular weight excluding hydrogens is 368 g/mol. The van der Waals surface area contributed by atoms with Crippen LogP contribution in [0.5, 0.6) is 0 Å². The average Bonchev–Trinajstić information content (AvgIpc) is 3.05. The van der Waals surface area contributed by atoms with Crippen molar-refractivity contribution in [2.24, 2.45) is 4.99 Å². The van der Waals surface area contributed by atoms with E-state index in [1.165, 1.54) is 0 Å². The Hall–Kier alpha value is -3.22. The summed E-state index contributed by atoms with van der Waals surface area (Å²) in [4.78, 5) is 42.0. The highest BCUT2D eigenvalue weighted by Gasteiger charge is 2.34. The molecule has 0 spiro atoms. The maximum atomic E-state index is 12.7. The van der Waals surface area contributed by atoms with E-state index in [1.54, 1.807) is 6.07 Å². The summed E-state index contributed by atoms with van der Waals surface area (Å²) in [6.45, 7) is 9.77. The third kappa shape index (κ3) is 4.29. The van der Waals surface area contributed by atoms with Gasteiger partial charge in [-0.3, -0.25) is 9.59 Å². The van der Waals surface area contributed by atoms with Gasteiger partial charge in [-0.05, 0) is 63.9 Å². The Kier molecular flexibility index (Phi) is 5.68. The number of nitrogens with zero attached hydrogens (tertiary/aromatic N) is 3. The standard InChI is InChI=1S/C22H26N4O3/c1-13(2)26-15(4)10-17(16(26)5)11-19-21(28)25(22(29)24-19)12-20(27)23-18-8-6-7-14(3)9-18/h6-10,13H,11-12H2,1-5H3,(H,23,27). The van der Waals surface area contributed by atoms with Crippen molar-refractivity contribution in [3.63, 3.8) is 0 Å². The molecule has 4 amide bonds. The first kappa shape index (κ1) is 20.5. The van der Waals surface area contributed by atoms with Gasteiger partial charge in [0.25, 0.3) is 5.91 Å². The molecule has 3 rings (SSSR count). The van der Waals surface area contributed by atoms with E-state index in [0.29, 0.717) is 11.7 Å². The molecule has 1 aliphatic heterocycles. The Labute approximate surface area is 170 Å². The van der Waals surface area contributed by atoms with Gasteiger partial charge in [-0.1, -0.05) is 12.1 Å². The summed E-state index contributed by atoms with van der Waals surface area (Å²) < 4.78 is 2.18. The maximum Gasteiger partial charge on any atom is 0.351 e. The lowest BCUT2D eigenvalue weighted by atomic mass is 10.1. The molecule has 7 heteroatoms. The Morgan fingerprint density at radius 1 is 1.14 bits per heavy atom. The normalized spacial score (nSPS) is 14.0. The lowest BCUT2D eigenvalue weighted by Gasteiger charge is -2.14. The Morgan fingerprint density at radius 3 is 2.48 bits per heavy atom. The molecule has 0 bridgehead atoms. The number of rotatable bonds is 6. The molecule has 0 fully saturated rings. The largest absolute Gasteiger partial charge is 0.351 e. The fourth-order valence-electron chi connectivity index (χ4n) is 3.79. The minimum Gasteiger partial charge on any atom is -0.346 e. The Bertz CT molecular complexity index is 1020. The third-order valence-corrected chi connectivity index (χ3v) is 5.02. The smallest absolute Gasteiger partial charge is 0.346 e. The van der Waals surface area contributed by atoms with Crippen LogP contribution in [-0.2, 0) is 16.0 Å². The van der Waals surface area contributed by atoms with Gasteiger partial charge < -0.3 is 9.88 Å². The number of aliphatic imine (C=N–C) groups is 1. The molecular formula is C22H26N4O3. The van der Waals surface area contributed by atoms with Crippen LogP contribution in [0.4, 0.5) is 10.5 Å². The SMILES string of the molecule is Cc1cccc(NC(=O)CN2C(=O)N=C(Cc3cc(C)n(C(C)C)c3C)C2=O)c1. The van der Waals surface area contributed by atoms with Crippen LogP contribution in [0, 0.1) is 20.8 Å². The zero-order chi connectivity index (χ0) is 21.3. The second-order valence-corrected chi connectivity index (χ2v) is 7.69.